The molecule has 52 valence electrons. The highest BCUT2D eigenvalue weighted by Gasteiger charge is 1.79. The van der Waals surface area contributed by atoms with Gasteiger partial charge in [0.15, 0.2) is 0 Å². The van der Waals surface area contributed by atoms with Crippen LogP contribution < -0.4 is 10.6 Å². The summed E-state index contributed by atoms with van der Waals surface area (Å²) in [5.41, 5.74) is 0. The minimum absolute atomic E-state index is 0.949. The molecule has 1 rings (SSSR count). The first-order valence-corrected chi connectivity index (χ1v) is 3.29. The molecule has 0 aliphatic carbocycles. The average Bonchev–Trinajstić information content (AvgIpc) is 2.04. The first kappa shape index (κ1) is 6.93. The van der Waals surface area contributed by atoms with Crippen molar-refractivity contribution in [1.29, 1.82) is 0 Å². The summed E-state index contributed by atoms with van der Waals surface area (Å²) in [6.07, 6.45) is 5.66. The van der Waals surface area contributed by atoms with Crippen molar-refractivity contribution in [3.63, 3.8) is 0 Å². The number of hydrogen-bond acceptors (Lipinski definition) is 2. The molecule has 0 saturated heterocycles. The number of aromatic nitrogens is 2. The van der Waals surface area contributed by atoms with Gasteiger partial charge >= 0.3 is 0 Å². The summed E-state index contributed by atoms with van der Waals surface area (Å²) in [4.78, 5) is 0. The van der Waals surface area contributed by atoms with Gasteiger partial charge in [-0.15, -0.1) is 0 Å². The fourth-order valence-electron chi connectivity index (χ4n) is 0.821. The Morgan fingerprint density at radius 2 is 2.10 bits per heavy atom. The van der Waals surface area contributed by atoms with Gasteiger partial charge in [-0.1, -0.05) is 12.2 Å². The molecule has 0 N–H and O–H groups in total. The van der Waals surface area contributed by atoms with Gasteiger partial charge in [0.2, 0.25) is 0 Å². The summed E-state index contributed by atoms with van der Waals surface area (Å²) in [6, 6.07) is 1.95. The van der Waals surface area contributed by atoms with E-state index in [0.29, 0.717) is 0 Å². The van der Waals surface area contributed by atoms with Crippen molar-refractivity contribution in [3.05, 3.63) is 22.8 Å². The molecule has 1 heterocycles. The summed E-state index contributed by atoms with van der Waals surface area (Å²) < 4.78 is 0. The molecule has 2 nitrogen and oxygen atoms in total. The first-order valence-electron chi connectivity index (χ1n) is 3.29. The predicted octanol–water partition coefficient (Wildman–Crippen LogP) is 0.0774. The van der Waals surface area contributed by atoms with Gasteiger partial charge in [-0.25, -0.2) is 0 Å². The standard InChI is InChI=1S/C8H10N2/c1-3-7-5-6-9-10-8(7)4-2/h3-6H,1-2H3. The molecule has 0 atom stereocenters. The maximum Gasteiger partial charge on any atom is 0.0883 e. The van der Waals surface area contributed by atoms with Gasteiger partial charge < -0.3 is 0 Å². The van der Waals surface area contributed by atoms with Crippen molar-refractivity contribution < 1.29 is 0 Å². The quantitative estimate of drug-likeness (QED) is 0.502. The van der Waals surface area contributed by atoms with E-state index in [1.165, 1.54) is 0 Å². The van der Waals surface area contributed by atoms with Crippen LogP contribution in [-0.2, 0) is 0 Å². The molecule has 0 unspecified atom stereocenters. The third-order valence-electron chi connectivity index (χ3n) is 1.37. The summed E-state index contributed by atoms with van der Waals surface area (Å²) in [5, 5.41) is 9.78. The van der Waals surface area contributed by atoms with E-state index < -0.39 is 0 Å². The van der Waals surface area contributed by atoms with Crippen LogP contribution >= 0.6 is 0 Å². The Kier molecular flexibility index (Phi) is 2.15. The van der Waals surface area contributed by atoms with E-state index in [4.69, 9.17) is 0 Å². The summed E-state index contributed by atoms with van der Waals surface area (Å²) >= 11 is 0. The lowest BCUT2D eigenvalue weighted by molar-refractivity contribution is 0.980. The van der Waals surface area contributed by atoms with E-state index in [-0.39, 0.29) is 0 Å². The second-order valence-corrected chi connectivity index (χ2v) is 1.95. The molecule has 10 heavy (non-hydrogen) atoms. The van der Waals surface area contributed by atoms with Crippen LogP contribution in [-0.4, -0.2) is 10.2 Å². The fourth-order valence-corrected chi connectivity index (χ4v) is 0.821. The topological polar surface area (TPSA) is 25.8 Å². The van der Waals surface area contributed by atoms with Crippen LogP contribution in [0.2, 0.25) is 0 Å². The SMILES string of the molecule is CC=c1ccnnc1=CC. The third-order valence-corrected chi connectivity index (χ3v) is 1.37. The maximum absolute atomic E-state index is 3.93. The Bertz CT molecular complexity index is 281. The number of nitrogens with zero attached hydrogens (tertiary/aromatic N) is 2. The Balaban J connectivity index is 3.53. The van der Waals surface area contributed by atoms with Crippen LogP contribution in [0.4, 0.5) is 0 Å². The van der Waals surface area contributed by atoms with Gasteiger partial charge in [0.05, 0.1) is 11.5 Å². The average molecular weight is 134 g/mol. The molecular weight excluding hydrogens is 124 g/mol. The minimum atomic E-state index is 0.949. The molecule has 2 heteroatoms. The molecule has 1 aromatic rings. The van der Waals surface area contributed by atoms with Crippen LogP contribution in [0.15, 0.2) is 12.3 Å². The lowest BCUT2D eigenvalue weighted by atomic mass is 10.3. The summed E-state index contributed by atoms with van der Waals surface area (Å²) in [6.45, 7) is 3.95. The monoisotopic (exact) mass is 134 g/mol. The van der Waals surface area contributed by atoms with Crippen molar-refractivity contribution in [2.45, 2.75) is 13.8 Å². The highest BCUT2D eigenvalue weighted by Crippen LogP contribution is 1.61. The zero-order valence-corrected chi connectivity index (χ0v) is 6.20. The highest BCUT2D eigenvalue weighted by atomic mass is 15.1. The Morgan fingerprint density at radius 3 is 2.60 bits per heavy atom. The van der Waals surface area contributed by atoms with Crippen LogP contribution in [0.25, 0.3) is 12.2 Å². The number of rotatable bonds is 0. The van der Waals surface area contributed by atoms with E-state index in [1.807, 2.05) is 32.1 Å². The molecule has 0 aromatic carbocycles. The van der Waals surface area contributed by atoms with Crippen LogP contribution in [0, 0.1) is 0 Å². The maximum atomic E-state index is 3.93. The van der Waals surface area contributed by atoms with E-state index in [2.05, 4.69) is 10.2 Å². The van der Waals surface area contributed by atoms with Crippen molar-refractivity contribution in [2.75, 3.05) is 0 Å². The lowest BCUT2D eigenvalue weighted by Gasteiger charge is -1.83. The highest BCUT2D eigenvalue weighted by molar-refractivity contribution is 5.23. The zero-order valence-electron chi connectivity index (χ0n) is 6.20. The lowest BCUT2D eigenvalue weighted by Crippen LogP contribution is -2.27. The molecule has 0 amide bonds. The number of hydrogen-bond donors (Lipinski definition) is 0. The second kappa shape index (κ2) is 3.11. The van der Waals surface area contributed by atoms with Gasteiger partial charge in [0.25, 0.3) is 0 Å². The largest absolute Gasteiger partial charge is 0.159 e. The summed E-state index contributed by atoms with van der Waals surface area (Å²) in [7, 11) is 0. The first-order chi connectivity index (χ1) is 4.88. The van der Waals surface area contributed by atoms with Gasteiger partial charge in [0.1, 0.15) is 0 Å². The molecule has 0 spiro atoms. The molecule has 0 aliphatic rings. The van der Waals surface area contributed by atoms with Crippen LogP contribution in [0.3, 0.4) is 0 Å². The van der Waals surface area contributed by atoms with E-state index >= 15 is 0 Å². The molecule has 0 aliphatic heterocycles. The van der Waals surface area contributed by atoms with Gasteiger partial charge in [-0.3, -0.25) is 0 Å². The van der Waals surface area contributed by atoms with Crippen molar-refractivity contribution in [2.24, 2.45) is 0 Å². The van der Waals surface area contributed by atoms with Gasteiger partial charge in [0, 0.05) is 0 Å². The van der Waals surface area contributed by atoms with E-state index in [0.717, 1.165) is 10.6 Å². The Morgan fingerprint density at radius 1 is 1.30 bits per heavy atom. The van der Waals surface area contributed by atoms with Gasteiger partial charge in [-0.05, 0) is 25.1 Å². The smallest absolute Gasteiger partial charge is 0.0883 e. The minimum Gasteiger partial charge on any atom is -0.159 e. The zero-order chi connectivity index (χ0) is 7.40. The molecule has 0 bridgehead atoms. The normalized spacial score (nSPS) is 14.2. The molecule has 0 fully saturated rings. The predicted molar refractivity (Wildman–Crippen MR) is 41.6 cm³/mol. The summed E-state index contributed by atoms with van der Waals surface area (Å²) in [5.74, 6) is 0. The third kappa shape index (κ3) is 1.21. The van der Waals surface area contributed by atoms with Gasteiger partial charge in [-0.2, -0.15) is 10.2 Å². The van der Waals surface area contributed by atoms with E-state index in [9.17, 15) is 0 Å². The molecule has 0 saturated carbocycles. The van der Waals surface area contributed by atoms with Crippen molar-refractivity contribution in [3.8, 4) is 0 Å². The molecular formula is C8H10N2. The second-order valence-electron chi connectivity index (χ2n) is 1.95. The van der Waals surface area contributed by atoms with Crippen LogP contribution in [0.5, 0.6) is 0 Å². The molecule has 1 aromatic heterocycles. The van der Waals surface area contributed by atoms with Crippen LogP contribution in [0.1, 0.15) is 13.8 Å². The van der Waals surface area contributed by atoms with E-state index in [1.54, 1.807) is 6.20 Å². The Labute approximate surface area is 59.9 Å². The van der Waals surface area contributed by atoms with Crippen molar-refractivity contribution >= 4 is 12.2 Å². The Hall–Kier alpha value is -1.18. The molecule has 0 radical (unpaired) electrons. The fraction of sp³-hybridized carbons (Fsp3) is 0.250. The van der Waals surface area contributed by atoms with Crippen molar-refractivity contribution in [1.82, 2.24) is 10.2 Å².